The molecular formula is C21H25N3O5. The average Bonchev–Trinajstić information content (AvgIpc) is 2.72. The highest BCUT2D eigenvalue weighted by Crippen LogP contribution is 2.29. The van der Waals surface area contributed by atoms with E-state index in [1.54, 1.807) is 17.0 Å². The summed E-state index contributed by atoms with van der Waals surface area (Å²) < 4.78 is 5.86. The van der Waals surface area contributed by atoms with Gasteiger partial charge in [-0.25, -0.2) is 4.98 Å². The van der Waals surface area contributed by atoms with Crippen LogP contribution in [0, 0.1) is 0 Å². The number of amides is 1. The van der Waals surface area contributed by atoms with E-state index in [2.05, 4.69) is 9.97 Å². The van der Waals surface area contributed by atoms with Gasteiger partial charge in [0.05, 0.1) is 11.7 Å². The van der Waals surface area contributed by atoms with Gasteiger partial charge in [0.2, 0.25) is 0 Å². The average molecular weight is 399 g/mol. The molecular weight excluding hydrogens is 374 g/mol. The third-order valence-corrected chi connectivity index (χ3v) is 5.00. The molecule has 0 aliphatic carbocycles. The first-order chi connectivity index (χ1) is 14.0. The maximum absolute atomic E-state index is 13.1. The minimum atomic E-state index is -0.289. The Morgan fingerprint density at radius 1 is 1.24 bits per heavy atom. The lowest BCUT2D eigenvalue weighted by molar-refractivity contribution is 0.0518. The molecule has 1 aliphatic rings. The number of ketones is 1. The maximum Gasteiger partial charge on any atom is 0.274 e. The SMILES string of the molecule is CC(=O)c1c(O)cccc1OC[C@@H]1CCCCN1C(=O)c1nccnc1CCO. The first kappa shape index (κ1) is 20.7. The number of benzene rings is 1. The molecule has 2 heterocycles. The van der Waals surface area contributed by atoms with Crippen LogP contribution < -0.4 is 4.74 Å². The molecule has 2 aromatic rings. The fourth-order valence-electron chi connectivity index (χ4n) is 3.59. The van der Waals surface area contributed by atoms with E-state index in [9.17, 15) is 19.8 Å². The van der Waals surface area contributed by atoms with Gasteiger partial charge >= 0.3 is 0 Å². The van der Waals surface area contributed by atoms with Crippen LogP contribution in [0.1, 0.15) is 52.7 Å². The third-order valence-electron chi connectivity index (χ3n) is 5.00. The molecule has 2 N–H and O–H groups in total. The highest BCUT2D eigenvalue weighted by atomic mass is 16.5. The van der Waals surface area contributed by atoms with Crippen LogP contribution in [-0.4, -0.2) is 62.6 Å². The number of aromatic hydroxyl groups is 1. The second-order valence-corrected chi connectivity index (χ2v) is 6.99. The number of aliphatic hydroxyl groups is 1. The fraction of sp³-hybridized carbons (Fsp3) is 0.429. The molecule has 1 aromatic heterocycles. The summed E-state index contributed by atoms with van der Waals surface area (Å²) in [5.74, 6) is -0.351. The largest absolute Gasteiger partial charge is 0.507 e. The quantitative estimate of drug-likeness (QED) is 0.685. The van der Waals surface area contributed by atoms with E-state index in [4.69, 9.17) is 4.74 Å². The number of likely N-dealkylation sites (tertiary alicyclic amines) is 1. The molecule has 8 heteroatoms. The van der Waals surface area contributed by atoms with Crippen molar-refractivity contribution < 1.29 is 24.5 Å². The van der Waals surface area contributed by atoms with Gasteiger partial charge < -0.3 is 19.8 Å². The molecule has 0 radical (unpaired) electrons. The van der Waals surface area contributed by atoms with Crippen molar-refractivity contribution in [2.45, 2.75) is 38.6 Å². The minimum absolute atomic E-state index is 0.114. The van der Waals surface area contributed by atoms with Gasteiger partial charge in [-0.05, 0) is 38.3 Å². The lowest BCUT2D eigenvalue weighted by Gasteiger charge is -2.35. The standard InChI is InChI=1S/C21H25N3O5/c1-14(26)19-17(27)6-4-7-18(19)29-13-15-5-2-3-11-24(15)21(28)20-16(8-12-25)22-9-10-23-20/h4,6-7,9-10,15,25,27H,2-3,5,8,11-13H2,1H3/t15-/m0/s1. The van der Waals surface area contributed by atoms with Crippen LogP contribution >= 0.6 is 0 Å². The van der Waals surface area contributed by atoms with Crippen molar-refractivity contribution >= 4 is 11.7 Å². The summed E-state index contributed by atoms with van der Waals surface area (Å²) in [7, 11) is 0. The Bertz CT molecular complexity index is 886. The summed E-state index contributed by atoms with van der Waals surface area (Å²) in [5.41, 5.74) is 0.854. The molecule has 0 spiro atoms. The summed E-state index contributed by atoms with van der Waals surface area (Å²) in [6.45, 7) is 2.03. The van der Waals surface area contributed by atoms with Crippen molar-refractivity contribution in [1.82, 2.24) is 14.9 Å². The van der Waals surface area contributed by atoms with Gasteiger partial charge in [-0.1, -0.05) is 6.07 Å². The first-order valence-electron chi connectivity index (χ1n) is 9.70. The normalized spacial score (nSPS) is 16.5. The molecule has 8 nitrogen and oxygen atoms in total. The van der Waals surface area contributed by atoms with Gasteiger partial charge in [-0.15, -0.1) is 0 Å². The van der Waals surface area contributed by atoms with Crippen LogP contribution in [0.2, 0.25) is 0 Å². The molecule has 0 saturated carbocycles. The first-order valence-corrected chi connectivity index (χ1v) is 9.70. The number of nitrogens with zero attached hydrogens (tertiary/aromatic N) is 3. The van der Waals surface area contributed by atoms with E-state index < -0.39 is 0 Å². The number of phenols is 1. The van der Waals surface area contributed by atoms with Crippen LogP contribution in [0.4, 0.5) is 0 Å². The van der Waals surface area contributed by atoms with Gasteiger partial charge in [-0.3, -0.25) is 14.6 Å². The number of carbonyl (C=O) groups excluding carboxylic acids is 2. The van der Waals surface area contributed by atoms with Gasteiger partial charge in [0.15, 0.2) is 5.78 Å². The lowest BCUT2D eigenvalue weighted by atomic mass is 10.0. The predicted octanol–water partition coefficient (Wildman–Crippen LogP) is 1.99. The Labute approximate surface area is 169 Å². The molecule has 0 unspecified atom stereocenters. The molecule has 1 atom stereocenters. The molecule has 0 bridgehead atoms. The van der Waals surface area contributed by atoms with Crippen LogP contribution in [0.5, 0.6) is 11.5 Å². The lowest BCUT2D eigenvalue weighted by Crippen LogP contribution is -2.47. The molecule has 29 heavy (non-hydrogen) atoms. The van der Waals surface area contributed by atoms with Crippen LogP contribution in [-0.2, 0) is 6.42 Å². The smallest absolute Gasteiger partial charge is 0.274 e. The number of phenolic OH excluding ortho intramolecular Hbond substituents is 1. The topological polar surface area (TPSA) is 113 Å². The molecule has 1 amide bonds. The molecule has 154 valence electrons. The zero-order chi connectivity index (χ0) is 20.8. The summed E-state index contributed by atoms with van der Waals surface area (Å²) in [5, 5.41) is 19.2. The number of hydrogen-bond donors (Lipinski definition) is 2. The second-order valence-electron chi connectivity index (χ2n) is 6.99. The Morgan fingerprint density at radius 2 is 2.03 bits per heavy atom. The van der Waals surface area contributed by atoms with Gasteiger partial charge in [0.1, 0.15) is 29.4 Å². The zero-order valence-corrected chi connectivity index (χ0v) is 16.4. The number of ether oxygens (including phenoxy) is 1. The number of hydrogen-bond acceptors (Lipinski definition) is 7. The van der Waals surface area contributed by atoms with Crippen molar-refractivity contribution in [1.29, 1.82) is 0 Å². The van der Waals surface area contributed by atoms with Crippen molar-refractivity contribution in [3.05, 3.63) is 47.5 Å². The van der Waals surface area contributed by atoms with Crippen LogP contribution in [0.25, 0.3) is 0 Å². The highest BCUT2D eigenvalue weighted by Gasteiger charge is 2.30. The number of aliphatic hydroxyl groups excluding tert-OH is 1. The second kappa shape index (κ2) is 9.47. The number of aromatic nitrogens is 2. The third kappa shape index (κ3) is 4.71. The number of rotatable bonds is 7. The maximum atomic E-state index is 13.1. The van der Waals surface area contributed by atoms with Crippen molar-refractivity contribution in [2.24, 2.45) is 0 Å². The van der Waals surface area contributed by atoms with Gasteiger partial charge in [0.25, 0.3) is 5.91 Å². The summed E-state index contributed by atoms with van der Waals surface area (Å²) in [6, 6.07) is 4.49. The van der Waals surface area contributed by atoms with Crippen molar-refractivity contribution in [3.8, 4) is 11.5 Å². The zero-order valence-electron chi connectivity index (χ0n) is 16.4. The Morgan fingerprint density at radius 3 is 2.79 bits per heavy atom. The summed E-state index contributed by atoms with van der Waals surface area (Å²) in [4.78, 5) is 35.1. The van der Waals surface area contributed by atoms with Gasteiger partial charge in [-0.2, -0.15) is 0 Å². The van der Waals surface area contributed by atoms with Crippen LogP contribution in [0.15, 0.2) is 30.6 Å². The van der Waals surface area contributed by atoms with E-state index in [1.165, 1.54) is 25.4 Å². The van der Waals surface area contributed by atoms with Gasteiger partial charge in [0, 0.05) is 32.0 Å². The predicted molar refractivity (Wildman–Crippen MR) is 105 cm³/mol. The fourth-order valence-corrected chi connectivity index (χ4v) is 3.59. The van der Waals surface area contributed by atoms with E-state index in [0.717, 1.165) is 19.3 Å². The van der Waals surface area contributed by atoms with E-state index in [-0.39, 0.29) is 54.4 Å². The Balaban J connectivity index is 1.78. The summed E-state index contributed by atoms with van der Waals surface area (Å²) >= 11 is 0. The molecule has 3 rings (SSSR count). The Kier molecular flexibility index (Phi) is 6.77. The number of Topliss-reactive ketones (excluding diaryl/α,β-unsaturated/α-hetero) is 1. The monoisotopic (exact) mass is 399 g/mol. The number of piperidine rings is 1. The molecule has 1 aromatic carbocycles. The van der Waals surface area contributed by atoms with Crippen molar-refractivity contribution in [3.63, 3.8) is 0 Å². The minimum Gasteiger partial charge on any atom is -0.507 e. The highest BCUT2D eigenvalue weighted by molar-refractivity contribution is 5.99. The Hall–Kier alpha value is -3.00. The van der Waals surface area contributed by atoms with Crippen molar-refractivity contribution in [2.75, 3.05) is 19.8 Å². The molecule has 1 aliphatic heterocycles. The van der Waals surface area contributed by atoms with E-state index in [0.29, 0.717) is 18.0 Å². The summed E-state index contributed by atoms with van der Waals surface area (Å²) in [6.07, 6.45) is 5.83. The number of carbonyl (C=O) groups is 2. The van der Waals surface area contributed by atoms with E-state index >= 15 is 0 Å². The molecule has 1 saturated heterocycles. The molecule has 1 fully saturated rings. The van der Waals surface area contributed by atoms with Crippen LogP contribution in [0.3, 0.4) is 0 Å². The van der Waals surface area contributed by atoms with E-state index in [1.807, 2.05) is 0 Å².